The molecule has 1 aliphatic heterocycles. The number of nitrogens with one attached hydrogen (secondary N) is 1. The Morgan fingerprint density at radius 3 is 2.68 bits per heavy atom. The quantitative estimate of drug-likeness (QED) is 0.914. The molecular formula is C18H18ClN3O3. The van der Waals surface area contributed by atoms with Gasteiger partial charge in [-0.1, -0.05) is 17.7 Å². The summed E-state index contributed by atoms with van der Waals surface area (Å²) < 4.78 is 5.25. The summed E-state index contributed by atoms with van der Waals surface area (Å²) in [5, 5.41) is 3.38. The highest BCUT2D eigenvalue weighted by molar-refractivity contribution is 6.31. The summed E-state index contributed by atoms with van der Waals surface area (Å²) in [6, 6.07) is 6.85. The molecule has 25 heavy (non-hydrogen) atoms. The summed E-state index contributed by atoms with van der Waals surface area (Å²) in [5.41, 5.74) is 2.12. The third kappa shape index (κ3) is 3.97. The number of hydrogen-bond acceptors (Lipinski definition) is 4. The van der Waals surface area contributed by atoms with Crippen LogP contribution in [0.5, 0.6) is 0 Å². The molecule has 0 radical (unpaired) electrons. The number of hydrogen-bond donors (Lipinski definition) is 1. The number of amides is 2. The topological polar surface area (TPSA) is 71.5 Å². The summed E-state index contributed by atoms with van der Waals surface area (Å²) in [4.78, 5) is 30.7. The van der Waals surface area contributed by atoms with Crippen molar-refractivity contribution in [1.82, 2.24) is 9.88 Å². The van der Waals surface area contributed by atoms with E-state index in [4.69, 9.17) is 16.3 Å². The first kappa shape index (κ1) is 17.4. The van der Waals surface area contributed by atoms with Crippen molar-refractivity contribution in [3.8, 4) is 0 Å². The standard InChI is InChI=1S/C18H18ClN3O3/c1-12-15(19)3-2-4-16(12)21-17(23)13-9-14(11-20-10-13)18(24)22-5-7-25-8-6-22/h2-4,9-11H,5-8H2,1H3,(H,21,23). The van der Waals surface area contributed by atoms with Gasteiger partial charge in [-0.2, -0.15) is 0 Å². The lowest BCUT2D eigenvalue weighted by Gasteiger charge is -2.26. The maximum Gasteiger partial charge on any atom is 0.257 e. The number of carbonyl (C=O) groups is 2. The van der Waals surface area contributed by atoms with E-state index in [2.05, 4.69) is 10.3 Å². The van der Waals surface area contributed by atoms with Crippen LogP contribution >= 0.6 is 11.6 Å². The molecule has 7 heteroatoms. The van der Waals surface area contributed by atoms with Gasteiger partial charge in [0.05, 0.1) is 24.3 Å². The molecular weight excluding hydrogens is 342 g/mol. The van der Waals surface area contributed by atoms with Crippen LogP contribution in [-0.2, 0) is 4.74 Å². The van der Waals surface area contributed by atoms with Gasteiger partial charge in [-0.05, 0) is 30.7 Å². The summed E-state index contributed by atoms with van der Waals surface area (Å²) in [6.07, 6.45) is 2.91. The number of halogens is 1. The number of rotatable bonds is 3. The molecule has 0 bridgehead atoms. The van der Waals surface area contributed by atoms with E-state index in [1.54, 1.807) is 29.2 Å². The first-order valence-corrected chi connectivity index (χ1v) is 8.32. The van der Waals surface area contributed by atoms with Crippen LogP contribution < -0.4 is 5.32 Å². The molecule has 1 aromatic heterocycles. The zero-order chi connectivity index (χ0) is 17.8. The van der Waals surface area contributed by atoms with Crippen LogP contribution in [0.1, 0.15) is 26.3 Å². The average Bonchev–Trinajstić information content (AvgIpc) is 2.65. The van der Waals surface area contributed by atoms with E-state index in [-0.39, 0.29) is 11.8 Å². The van der Waals surface area contributed by atoms with Gasteiger partial charge in [-0.15, -0.1) is 0 Å². The van der Waals surface area contributed by atoms with Crippen LogP contribution in [0.15, 0.2) is 36.7 Å². The van der Waals surface area contributed by atoms with E-state index in [0.717, 1.165) is 5.56 Å². The molecule has 2 amide bonds. The minimum atomic E-state index is -0.338. The van der Waals surface area contributed by atoms with Gasteiger partial charge < -0.3 is 15.0 Å². The van der Waals surface area contributed by atoms with Crippen molar-refractivity contribution < 1.29 is 14.3 Å². The van der Waals surface area contributed by atoms with Crippen molar-refractivity contribution in [2.45, 2.75) is 6.92 Å². The second-order valence-electron chi connectivity index (χ2n) is 5.73. The van der Waals surface area contributed by atoms with Crippen LogP contribution in [0, 0.1) is 6.92 Å². The van der Waals surface area contributed by atoms with Crippen LogP contribution in [0.4, 0.5) is 5.69 Å². The normalized spacial score (nSPS) is 14.2. The molecule has 1 fully saturated rings. The van der Waals surface area contributed by atoms with Crippen LogP contribution in [-0.4, -0.2) is 48.0 Å². The number of anilines is 1. The molecule has 0 spiro atoms. The molecule has 2 aromatic rings. The first-order valence-electron chi connectivity index (χ1n) is 7.95. The fourth-order valence-electron chi connectivity index (χ4n) is 2.57. The van der Waals surface area contributed by atoms with Gasteiger partial charge in [-0.3, -0.25) is 14.6 Å². The van der Waals surface area contributed by atoms with E-state index in [0.29, 0.717) is 48.1 Å². The van der Waals surface area contributed by atoms with Gasteiger partial charge >= 0.3 is 0 Å². The number of aromatic nitrogens is 1. The third-order valence-electron chi connectivity index (χ3n) is 4.06. The molecule has 130 valence electrons. The Kier molecular flexibility index (Phi) is 5.31. The first-order chi connectivity index (χ1) is 12.1. The van der Waals surface area contributed by atoms with Crippen molar-refractivity contribution in [1.29, 1.82) is 0 Å². The molecule has 0 unspecified atom stereocenters. The maximum atomic E-state index is 12.5. The zero-order valence-corrected chi connectivity index (χ0v) is 14.5. The van der Waals surface area contributed by atoms with E-state index >= 15 is 0 Å². The molecule has 1 aliphatic rings. The molecule has 3 rings (SSSR count). The molecule has 2 heterocycles. The molecule has 0 saturated carbocycles. The fourth-order valence-corrected chi connectivity index (χ4v) is 2.74. The third-order valence-corrected chi connectivity index (χ3v) is 4.47. The number of carbonyl (C=O) groups excluding carboxylic acids is 2. The summed E-state index contributed by atoms with van der Waals surface area (Å²) in [6.45, 7) is 3.95. The highest BCUT2D eigenvalue weighted by atomic mass is 35.5. The van der Waals surface area contributed by atoms with Crippen molar-refractivity contribution in [3.05, 3.63) is 58.4 Å². The lowest BCUT2D eigenvalue weighted by molar-refractivity contribution is 0.0302. The Morgan fingerprint density at radius 2 is 1.92 bits per heavy atom. The summed E-state index contributed by atoms with van der Waals surface area (Å²) in [5.74, 6) is -0.487. The molecule has 0 atom stereocenters. The van der Waals surface area contributed by atoms with Gasteiger partial charge in [0.25, 0.3) is 11.8 Å². The minimum Gasteiger partial charge on any atom is -0.378 e. The van der Waals surface area contributed by atoms with Gasteiger partial charge in [-0.25, -0.2) is 0 Å². The summed E-state index contributed by atoms with van der Waals surface area (Å²) in [7, 11) is 0. The lowest BCUT2D eigenvalue weighted by Crippen LogP contribution is -2.40. The Morgan fingerprint density at radius 1 is 1.20 bits per heavy atom. The highest BCUT2D eigenvalue weighted by Crippen LogP contribution is 2.23. The second kappa shape index (κ2) is 7.63. The van der Waals surface area contributed by atoms with Crippen LogP contribution in [0.2, 0.25) is 5.02 Å². The predicted molar refractivity (Wildman–Crippen MR) is 95.1 cm³/mol. The molecule has 6 nitrogen and oxygen atoms in total. The summed E-state index contributed by atoms with van der Waals surface area (Å²) >= 11 is 6.07. The number of pyridine rings is 1. The molecule has 1 saturated heterocycles. The number of morpholine rings is 1. The second-order valence-corrected chi connectivity index (χ2v) is 6.14. The maximum absolute atomic E-state index is 12.5. The van der Waals surface area contributed by atoms with Crippen LogP contribution in [0.3, 0.4) is 0 Å². The monoisotopic (exact) mass is 359 g/mol. The number of ether oxygens (including phenoxy) is 1. The SMILES string of the molecule is Cc1c(Cl)cccc1NC(=O)c1cncc(C(=O)N2CCOCC2)c1. The number of nitrogens with zero attached hydrogens (tertiary/aromatic N) is 2. The Bertz CT molecular complexity index is 804. The lowest BCUT2D eigenvalue weighted by atomic mass is 10.1. The van der Waals surface area contributed by atoms with E-state index in [1.807, 2.05) is 6.92 Å². The Balaban J connectivity index is 1.77. The fraction of sp³-hybridized carbons (Fsp3) is 0.278. The molecule has 0 aliphatic carbocycles. The number of benzene rings is 1. The Hall–Kier alpha value is -2.44. The highest BCUT2D eigenvalue weighted by Gasteiger charge is 2.20. The predicted octanol–water partition coefficient (Wildman–Crippen LogP) is 2.77. The average molecular weight is 360 g/mol. The largest absolute Gasteiger partial charge is 0.378 e. The molecule has 1 aromatic carbocycles. The van der Waals surface area contributed by atoms with Crippen molar-refractivity contribution in [3.63, 3.8) is 0 Å². The van der Waals surface area contributed by atoms with Gasteiger partial charge in [0.1, 0.15) is 0 Å². The Labute approximate surface area is 150 Å². The zero-order valence-electron chi connectivity index (χ0n) is 13.8. The van der Waals surface area contributed by atoms with Crippen molar-refractivity contribution in [2.75, 3.05) is 31.6 Å². The van der Waals surface area contributed by atoms with Crippen molar-refractivity contribution >= 4 is 29.1 Å². The molecule has 1 N–H and O–H groups in total. The van der Waals surface area contributed by atoms with Gasteiger partial charge in [0, 0.05) is 36.2 Å². The minimum absolute atomic E-state index is 0.149. The van der Waals surface area contributed by atoms with E-state index < -0.39 is 0 Å². The van der Waals surface area contributed by atoms with E-state index in [9.17, 15) is 9.59 Å². The van der Waals surface area contributed by atoms with E-state index in [1.165, 1.54) is 12.4 Å². The van der Waals surface area contributed by atoms with Gasteiger partial charge in [0.2, 0.25) is 0 Å². The van der Waals surface area contributed by atoms with Crippen LogP contribution in [0.25, 0.3) is 0 Å². The van der Waals surface area contributed by atoms with Crippen molar-refractivity contribution in [2.24, 2.45) is 0 Å². The smallest absolute Gasteiger partial charge is 0.257 e. The van der Waals surface area contributed by atoms with Gasteiger partial charge in [0.15, 0.2) is 0 Å².